The van der Waals surface area contributed by atoms with Crippen molar-refractivity contribution in [3.63, 3.8) is 0 Å². The first-order chi connectivity index (χ1) is 15.5. The first kappa shape index (κ1) is 24.0. The SMILES string of the molecule is O=C(Nc1cc(F)c(F)c(F)c1)c1ccc(Cl)c(S(=O)(=O)C2C3CC[C@H]2CC(O)C(O)C3)c1. The van der Waals surface area contributed by atoms with E-state index in [1.54, 1.807) is 0 Å². The van der Waals surface area contributed by atoms with Gasteiger partial charge >= 0.3 is 0 Å². The van der Waals surface area contributed by atoms with Gasteiger partial charge in [-0.25, -0.2) is 21.6 Å². The molecule has 2 aromatic rings. The number of hydrogen-bond acceptors (Lipinski definition) is 5. The molecule has 2 aliphatic rings. The summed E-state index contributed by atoms with van der Waals surface area (Å²) in [5, 5.41) is 21.4. The van der Waals surface area contributed by atoms with E-state index >= 15 is 0 Å². The van der Waals surface area contributed by atoms with E-state index in [0.717, 1.165) is 6.07 Å². The lowest BCUT2D eigenvalue weighted by molar-refractivity contribution is 0.00104. The van der Waals surface area contributed by atoms with Gasteiger partial charge in [-0.3, -0.25) is 4.79 Å². The molecule has 2 saturated carbocycles. The van der Waals surface area contributed by atoms with Gasteiger partial charge in [0.25, 0.3) is 5.91 Å². The highest BCUT2D eigenvalue weighted by Gasteiger charge is 2.49. The largest absolute Gasteiger partial charge is 0.390 e. The van der Waals surface area contributed by atoms with Gasteiger partial charge in [0, 0.05) is 23.4 Å². The molecule has 0 aromatic heterocycles. The van der Waals surface area contributed by atoms with Crippen molar-refractivity contribution in [3.8, 4) is 0 Å². The molecule has 4 unspecified atom stereocenters. The van der Waals surface area contributed by atoms with Crippen LogP contribution in [-0.4, -0.2) is 42.0 Å². The van der Waals surface area contributed by atoms with Gasteiger partial charge < -0.3 is 15.5 Å². The standard InChI is InChI=1S/C22H21ClF3NO5S/c23-14-4-3-12(22(30)27-13-8-15(24)20(26)16(25)9-13)7-19(14)33(31,32)21-10-1-2-11(21)6-18(29)17(28)5-10/h3-4,7-11,17-18,21,28-29H,1-2,5-6H2,(H,27,30)/t10-,11?,17?,18?,21?/m0/s1. The minimum Gasteiger partial charge on any atom is -0.390 e. The quantitative estimate of drug-likeness (QED) is 0.552. The third-order valence-electron chi connectivity index (χ3n) is 6.47. The zero-order valence-electron chi connectivity index (χ0n) is 17.1. The Morgan fingerprint density at radius 1 is 0.970 bits per heavy atom. The van der Waals surface area contributed by atoms with Gasteiger partial charge in [-0.2, -0.15) is 0 Å². The second-order valence-electron chi connectivity index (χ2n) is 8.57. The van der Waals surface area contributed by atoms with E-state index in [9.17, 15) is 36.6 Å². The van der Waals surface area contributed by atoms with Gasteiger partial charge in [0.15, 0.2) is 27.3 Å². The Hall–Kier alpha value is -2.14. The molecule has 0 aliphatic heterocycles. The molecule has 0 spiro atoms. The minimum atomic E-state index is -4.05. The number of sulfone groups is 1. The fourth-order valence-electron chi connectivity index (χ4n) is 4.93. The first-order valence-electron chi connectivity index (χ1n) is 10.3. The summed E-state index contributed by atoms with van der Waals surface area (Å²) in [5.74, 6) is -6.27. The molecular formula is C22H21ClF3NO5S. The van der Waals surface area contributed by atoms with Crippen molar-refractivity contribution in [1.82, 2.24) is 0 Å². The molecular weight excluding hydrogens is 483 g/mol. The normalized spacial score (nSPS) is 27.3. The summed E-state index contributed by atoms with van der Waals surface area (Å²) >= 11 is 6.19. The number of carbonyl (C=O) groups excluding carboxylic acids is 1. The van der Waals surface area contributed by atoms with E-state index < -0.39 is 50.7 Å². The minimum absolute atomic E-state index is 0.102. The Labute approximate surface area is 193 Å². The highest BCUT2D eigenvalue weighted by Crippen LogP contribution is 2.47. The maximum absolute atomic E-state index is 13.6. The predicted molar refractivity (Wildman–Crippen MR) is 114 cm³/mol. The van der Waals surface area contributed by atoms with Gasteiger partial charge in [-0.05, 0) is 55.7 Å². The number of rotatable bonds is 4. The fraction of sp³-hybridized carbons (Fsp3) is 0.409. The van der Waals surface area contributed by atoms with E-state index in [1.807, 2.05) is 0 Å². The van der Waals surface area contributed by atoms with Gasteiger partial charge in [0.1, 0.15) is 0 Å². The summed E-state index contributed by atoms with van der Waals surface area (Å²) in [4.78, 5) is 12.3. The van der Waals surface area contributed by atoms with Crippen LogP contribution in [0, 0.1) is 29.3 Å². The number of anilines is 1. The maximum Gasteiger partial charge on any atom is 0.255 e. The molecule has 178 valence electrons. The van der Waals surface area contributed by atoms with E-state index in [2.05, 4.69) is 5.32 Å². The number of benzene rings is 2. The van der Waals surface area contributed by atoms with Crippen molar-refractivity contribution in [2.45, 2.75) is 48.0 Å². The number of aliphatic hydroxyl groups is 2. The van der Waals surface area contributed by atoms with Crippen LogP contribution in [0.5, 0.6) is 0 Å². The third kappa shape index (κ3) is 4.49. The lowest BCUT2D eigenvalue weighted by Crippen LogP contribution is -2.31. The second kappa shape index (κ2) is 8.90. The molecule has 0 radical (unpaired) electrons. The molecule has 5 atom stereocenters. The van der Waals surface area contributed by atoms with Crippen molar-refractivity contribution >= 4 is 33.0 Å². The number of hydrogen-bond donors (Lipinski definition) is 3. The average Bonchev–Trinajstić information content (AvgIpc) is 3.08. The topological polar surface area (TPSA) is 104 Å². The van der Waals surface area contributed by atoms with Crippen LogP contribution in [0.3, 0.4) is 0 Å². The number of fused-ring (bicyclic) bond motifs is 2. The number of nitrogens with one attached hydrogen (secondary N) is 1. The van der Waals surface area contributed by atoms with E-state index in [1.165, 1.54) is 12.1 Å². The smallest absolute Gasteiger partial charge is 0.255 e. The Balaban J connectivity index is 1.65. The molecule has 2 fully saturated rings. The molecule has 4 rings (SSSR count). The first-order valence-corrected chi connectivity index (χ1v) is 12.3. The maximum atomic E-state index is 13.6. The molecule has 0 saturated heterocycles. The molecule has 2 aromatic carbocycles. The third-order valence-corrected chi connectivity index (χ3v) is 9.35. The Morgan fingerprint density at radius 2 is 1.52 bits per heavy atom. The van der Waals surface area contributed by atoms with Gasteiger partial charge in [-0.1, -0.05) is 11.6 Å². The van der Waals surface area contributed by atoms with Crippen LogP contribution >= 0.6 is 11.6 Å². The molecule has 33 heavy (non-hydrogen) atoms. The monoisotopic (exact) mass is 503 g/mol. The van der Waals surface area contributed by atoms with Gasteiger partial charge in [-0.15, -0.1) is 0 Å². The van der Waals surface area contributed by atoms with Crippen LogP contribution in [0.4, 0.5) is 18.9 Å². The highest BCUT2D eigenvalue weighted by molar-refractivity contribution is 7.92. The van der Waals surface area contributed by atoms with Crippen molar-refractivity contribution in [3.05, 3.63) is 58.4 Å². The zero-order chi connectivity index (χ0) is 24.1. The van der Waals surface area contributed by atoms with Crippen molar-refractivity contribution in [2.75, 3.05) is 5.32 Å². The molecule has 11 heteroatoms. The number of carbonyl (C=O) groups is 1. The predicted octanol–water partition coefficient (Wildman–Crippen LogP) is 3.69. The lowest BCUT2D eigenvalue weighted by atomic mass is 9.96. The van der Waals surface area contributed by atoms with E-state index in [-0.39, 0.29) is 45.8 Å². The van der Waals surface area contributed by atoms with Crippen LogP contribution in [0.2, 0.25) is 5.02 Å². The van der Waals surface area contributed by atoms with Gasteiger partial charge in [0.05, 0.1) is 27.4 Å². The number of aliphatic hydroxyl groups excluding tert-OH is 2. The van der Waals surface area contributed by atoms with Crippen LogP contribution in [0.25, 0.3) is 0 Å². The van der Waals surface area contributed by atoms with Crippen LogP contribution in [0.1, 0.15) is 36.0 Å². The number of halogens is 4. The van der Waals surface area contributed by atoms with E-state index in [0.29, 0.717) is 25.0 Å². The second-order valence-corrected chi connectivity index (χ2v) is 11.0. The Kier molecular flexibility index (Phi) is 6.47. The Bertz CT molecular complexity index is 1170. The Morgan fingerprint density at radius 3 is 2.06 bits per heavy atom. The molecule has 1 amide bonds. The molecule has 6 nitrogen and oxygen atoms in total. The number of amides is 1. The summed E-state index contributed by atoms with van der Waals surface area (Å²) in [5.41, 5.74) is -0.482. The van der Waals surface area contributed by atoms with E-state index in [4.69, 9.17) is 11.6 Å². The summed E-state index contributed by atoms with van der Waals surface area (Å²) in [7, 11) is -4.05. The summed E-state index contributed by atoms with van der Waals surface area (Å²) in [6.45, 7) is 0. The van der Waals surface area contributed by atoms with Crippen molar-refractivity contribution < 1.29 is 36.6 Å². The zero-order valence-corrected chi connectivity index (χ0v) is 18.7. The molecule has 3 N–H and O–H groups in total. The van der Waals surface area contributed by atoms with Crippen LogP contribution in [0.15, 0.2) is 35.2 Å². The van der Waals surface area contributed by atoms with Crippen molar-refractivity contribution in [2.24, 2.45) is 11.8 Å². The van der Waals surface area contributed by atoms with Crippen LogP contribution < -0.4 is 5.32 Å². The molecule has 2 bridgehead atoms. The molecule has 0 heterocycles. The average molecular weight is 504 g/mol. The van der Waals surface area contributed by atoms with Crippen LogP contribution in [-0.2, 0) is 9.84 Å². The van der Waals surface area contributed by atoms with Gasteiger partial charge in [0.2, 0.25) is 0 Å². The highest BCUT2D eigenvalue weighted by atomic mass is 35.5. The fourth-order valence-corrected chi connectivity index (χ4v) is 7.80. The summed E-state index contributed by atoms with van der Waals surface area (Å²) in [6.07, 6.45) is -0.582. The molecule has 2 aliphatic carbocycles. The van der Waals surface area contributed by atoms with Crippen molar-refractivity contribution in [1.29, 1.82) is 0 Å². The summed E-state index contributed by atoms with van der Waals surface area (Å²) < 4.78 is 67.2. The summed E-state index contributed by atoms with van der Waals surface area (Å²) in [6, 6.07) is 4.77. The lowest BCUT2D eigenvalue weighted by Gasteiger charge is -2.23.